The van der Waals surface area contributed by atoms with Crippen molar-refractivity contribution in [2.24, 2.45) is 5.92 Å². The van der Waals surface area contributed by atoms with Gasteiger partial charge in [-0.3, -0.25) is 4.79 Å². The van der Waals surface area contributed by atoms with E-state index in [4.69, 9.17) is 11.6 Å². The number of nitrogens with zero attached hydrogens (tertiary/aromatic N) is 3. The van der Waals surface area contributed by atoms with Crippen LogP contribution in [0.1, 0.15) is 42.9 Å². The predicted molar refractivity (Wildman–Crippen MR) is 118 cm³/mol. The number of likely N-dealkylation sites (tertiary alicyclic amines) is 1. The Bertz CT molecular complexity index is 1030. The van der Waals surface area contributed by atoms with Crippen LogP contribution in [0.25, 0.3) is 0 Å². The van der Waals surface area contributed by atoms with Crippen LogP contribution in [-0.2, 0) is 9.59 Å². The number of piperidine rings is 1. The lowest BCUT2D eigenvalue weighted by atomic mass is 9.93. The van der Waals surface area contributed by atoms with Gasteiger partial charge in [0.1, 0.15) is 12.1 Å². The van der Waals surface area contributed by atoms with Gasteiger partial charge in [-0.25, -0.2) is 4.79 Å². The van der Waals surface area contributed by atoms with Crippen LogP contribution in [0, 0.1) is 17.2 Å². The quantitative estimate of drug-likeness (QED) is 0.773. The van der Waals surface area contributed by atoms with E-state index < -0.39 is 12.0 Å². The van der Waals surface area contributed by atoms with Gasteiger partial charge in [-0.15, -0.1) is 0 Å². The van der Waals surface area contributed by atoms with Crippen molar-refractivity contribution >= 4 is 29.2 Å². The van der Waals surface area contributed by atoms with E-state index in [-0.39, 0.29) is 17.9 Å². The number of benzene rings is 2. The fraction of sp³-hybridized carbons (Fsp3) is 0.375. The molecule has 2 aromatic rings. The Morgan fingerprint density at radius 1 is 1.00 bits per heavy atom. The minimum absolute atomic E-state index is 0.108. The third-order valence-corrected chi connectivity index (χ3v) is 6.74. The van der Waals surface area contributed by atoms with Crippen LogP contribution in [0.15, 0.2) is 48.5 Å². The van der Waals surface area contributed by atoms with Crippen LogP contribution in [0.4, 0.5) is 5.69 Å². The summed E-state index contributed by atoms with van der Waals surface area (Å²) in [4.78, 5) is 29.1. The molecular formula is C24H24ClN3O3. The number of halogens is 1. The lowest BCUT2D eigenvalue weighted by Crippen LogP contribution is -2.47. The molecule has 2 saturated heterocycles. The number of amides is 1. The Kier molecular flexibility index (Phi) is 6.15. The molecular weight excluding hydrogens is 414 g/mol. The van der Waals surface area contributed by atoms with Crippen molar-refractivity contribution in [2.75, 3.05) is 18.0 Å². The fourth-order valence-electron chi connectivity index (χ4n) is 4.83. The molecule has 0 unspecified atom stereocenters. The number of rotatable bonds is 4. The Morgan fingerprint density at radius 2 is 1.68 bits per heavy atom. The Hall–Kier alpha value is -3.04. The molecule has 31 heavy (non-hydrogen) atoms. The van der Waals surface area contributed by atoms with E-state index in [1.165, 1.54) is 0 Å². The van der Waals surface area contributed by atoms with Gasteiger partial charge < -0.3 is 14.9 Å². The smallest absolute Gasteiger partial charge is 0.326 e. The number of aliphatic carboxylic acids is 1. The number of anilines is 1. The minimum Gasteiger partial charge on any atom is -0.480 e. The molecule has 2 aliphatic rings. The molecule has 0 spiro atoms. The van der Waals surface area contributed by atoms with Crippen LogP contribution in [-0.4, -0.2) is 41.0 Å². The molecule has 2 aliphatic heterocycles. The SMILES string of the molecule is N#Cc1ccccc1N1CCC(C(=O)N2[C@@H](c3ccccc3Cl)CC[C@H]2C(=O)O)CC1. The van der Waals surface area contributed by atoms with E-state index in [1.54, 1.807) is 17.0 Å². The van der Waals surface area contributed by atoms with Crippen molar-refractivity contribution in [2.45, 2.75) is 37.8 Å². The minimum atomic E-state index is -0.969. The summed E-state index contributed by atoms with van der Waals surface area (Å²) >= 11 is 6.38. The first-order chi connectivity index (χ1) is 15.0. The molecule has 2 atom stereocenters. The van der Waals surface area contributed by atoms with E-state index in [2.05, 4.69) is 11.0 Å². The molecule has 2 heterocycles. The van der Waals surface area contributed by atoms with Gasteiger partial charge >= 0.3 is 5.97 Å². The van der Waals surface area contributed by atoms with Crippen LogP contribution in [0.2, 0.25) is 5.02 Å². The molecule has 1 amide bonds. The zero-order valence-electron chi connectivity index (χ0n) is 17.1. The first-order valence-electron chi connectivity index (χ1n) is 10.5. The number of para-hydroxylation sites is 1. The number of carboxylic acid groups (broad SMARTS) is 1. The maximum Gasteiger partial charge on any atom is 0.326 e. The third kappa shape index (κ3) is 4.11. The Balaban J connectivity index is 1.53. The third-order valence-electron chi connectivity index (χ3n) is 6.40. The Labute approximate surface area is 186 Å². The topological polar surface area (TPSA) is 84.6 Å². The van der Waals surface area contributed by atoms with Gasteiger partial charge in [0.15, 0.2) is 0 Å². The second-order valence-electron chi connectivity index (χ2n) is 8.10. The van der Waals surface area contributed by atoms with Crippen molar-refractivity contribution in [3.63, 3.8) is 0 Å². The monoisotopic (exact) mass is 437 g/mol. The van der Waals surface area contributed by atoms with Crippen molar-refractivity contribution in [1.82, 2.24) is 4.90 Å². The highest BCUT2D eigenvalue weighted by Crippen LogP contribution is 2.41. The number of carbonyl (C=O) groups is 2. The second kappa shape index (κ2) is 8.99. The van der Waals surface area contributed by atoms with Crippen LogP contribution < -0.4 is 4.90 Å². The highest BCUT2D eigenvalue weighted by atomic mass is 35.5. The van der Waals surface area contributed by atoms with E-state index in [9.17, 15) is 20.0 Å². The molecule has 0 aromatic heterocycles. The van der Waals surface area contributed by atoms with E-state index in [0.717, 1.165) is 11.3 Å². The fourth-order valence-corrected chi connectivity index (χ4v) is 5.10. The largest absolute Gasteiger partial charge is 0.480 e. The summed E-state index contributed by atoms with van der Waals surface area (Å²) in [6, 6.07) is 15.9. The summed E-state index contributed by atoms with van der Waals surface area (Å²) in [5, 5.41) is 19.7. The molecule has 160 valence electrons. The van der Waals surface area contributed by atoms with Gasteiger partial charge in [0.25, 0.3) is 0 Å². The molecule has 0 saturated carbocycles. The first-order valence-corrected chi connectivity index (χ1v) is 10.9. The summed E-state index contributed by atoms with van der Waals surface area (Å²) < 4.78 is 0. The summed E-state index contributed by atoms with van der Waals surface area (Å²) in [6.07, 6.45) is 2.25. The molecule has 2 fully saturated rings. The zero-order chi connectivity index (χ0) is 22.0. The van der Waals surface area contributed by atoms with Gasteiger partial charge in [-0.2, -0.15) is 5.26 Å². The molecule has 7 heteroatoms. The van der Waals surface area contributed by atoms with Crippen LogP contribution in [0.3, 0.4) is 0 Å². The molecule has 6 nitrogen and oxygen atoms in total. The molecule has 2 aromatic carbocycles. The summed E-state index contributed by atoms with van der Waals surface area (Å²) in [5.74, 6) is -1.32. The van der Waals surface area contributed by atoms with Crippen LogP contribution in [0.5, 0.6) is 0 Å². The average molecular weight is 438 g/mol. The lowest BCUT2D eigenvalue weighted by molar-refractivity contribution is -0.152. The van der Waals surface area contributed by atoms with Crippen molar-refractivity contribution in [3.8, 4) is 6.07 Å². The van der Waals surface area contributed by atoms with Gasteiger partial charge in [0, 0.05) is 24.0 Å². The normalized spacial score (nSPS) is 21.7. The maximum absolute atomic E-state index is 13.5. The van der Waals surface area contributed by atoms with Gasteiger partial charge in [-0.05, 0) is 49.4 Å². The number of nitriles is 1. The highest BCUT2D eigenvalue weighted by molar-refractivity contribution is 6.31. The van der Waals surface area contributed by atoms with Gasteiger partial charge in [0.2, 0.25) is 5.91 Å². The van der Waals surface area contributed by atoms with Crippen molar-refractivity contribution < 1.29 is 14.7 Å². The molecule has 0 aliphatic carbocycles. The number of hydrogen-bond donors (Lipinski definition) is 1. The second-order valence-corrected chi connectivity index (χ2v) is 8.51. The van der Waals surface area contributed by atoms with E-state index >= 15 is 0 Å². The number of carboxylic acids is 1. The molecule has 1 N–H and O–H groups in total. The van der Waals surface area contributed by atoms with Gasteiger partial charge in [0.05, 0.1) is 17.3 Å². The van der Waals surface area contributed by atoms with E-state index in [0.29, 0.717) is 49.4 Å². The number of carbonyl (C=O) groups excluding carboxylic acids is 1. The summed E-state index contributed by atoms with van der Waals surface area (Å²) in [7, 11) is 0. The highest BCUT2D eigenvalue weighted by Gasteiger charge is 2.44. The maximum atomic E-state index is 13.5. The predicted octanol–water partition coefficient (Wildman–Crippen LogP) is 4.24. The van der Waals surface area contributed by atoms with E-state index in [1.807, 2.05) is 36.4 Å². The standard InChI is InChI=1S/C24H24ClN3O3/c25-19-7-3-2-6-18(19)21-9-10-22(24(30)31)28(21)23(29)16-11-13-27(14-12-16)20-8-4-1-5-17(20)15-26/h1-8,16,21-22H,9-14H2,(H,30,31)/t21-,22+/m1/s1. The molecule has 0 radical (unpaired) electrons. The lowest BCUT2D eigenvalue weighted by Gasteiger charge is -2.37. The van der Waals surface area contributed by atoms with Crippen molar-refractivity contribution in [1.29, 1.82) is 5.26 Å². The zero-order valence-corrected chi connectivity index (χ0v) is 17.8. The molecule has 0 bridgehead atoms. The molecule has 4 rings (SSSR count). The summed E-state index contributed by atoms with van der Waals surface area (Å²) in [5.41, 5.74) is 2.31. The van der Waals surface area contributed by atoms with Crippen LogP contribution >= 0.6 is 11.6 Å². The first kappa shape index (κ1) is 21.2. The number of hydrogen-bond acceptors (Lipinski definition) is 4. The van der Waals surface area contributed by atoms with Crippen molar-refractivity contribution in [3.05, 3.63) is 64.7 Å². The summed E-state index contributed by atoms with van der Waals surface area (Å²) in [6.45, 7) is 1.30. The van der Waals surface area contributed by atoms with Gasteiger partial charge in [-0.1, -0.05) is 41.9 Å². The average Bonchev–Trinajstić information content (AvgIpc) is 3.24. The Morgan fingerprint density at radius 3 is 2.35 bits per heavy atom.